The number of aryl methyl sites for hydroxylation is 2. The molecule has 6 nitrogen and oxygen atoms in total. The minimum absolute atomic E-state index is 0.0471. The summed E-state index contributed by atoms with van der Waals surface area (Å²) in [6, 6.07) is 17.0. The van der Waals surface area contributed by atoms with Crippen molar-refractivity contribution in [1.29, 1.82) is 0 Å². The first-order valence-electron chi connectivity index (χ1n) is 9.50. The molecule has 0 aliphatic carbocycles. The van der Waals surface area contributed by atoms with Gasteiger partial charge in [-0.05, 0) is 61.9 Å². The number of amides is 1. The number of carbonyl (C=O) groups excluding carboxylic acids is 1. The predicted octanol–water partition coefficient (Wildman–Crippen LogP) is 4.29. The molecular formula is C23H23FN2O4S. The van der Waals surface area contributed by atoms with E-state index in [0.717, 1.165) is 21.5 Å². The van der Waals surface area contributed by atoms with Crippen molar-refractivity contribution >= 4 is 27.3 Å². The molecule has 162 valence electrons. The van der Waals surface area contributed by atoms with E-state index in [9.17, 15) is 17.6 Å². The van der Waals surface area contributed by atoms with Gasteiger partial charge in [-0.3, -0.25) is 9.10 Å². The van der Waals surface area contributed by atoms with E-state index >= 15 is 0 Å². The Labute approximate surface area is 181 Å². The third kappa shape index (κ3) is 5.21. The lowest BCUT2D eigenvalue weighted by atomic mass is 10.2. The van der Waals surface area contributed by atoms with Crippen molar-refractivity contribution < 1.29 is 22.3 Å². The second kappa shape index (κ2) is 9.18. The molecule has 31 heavy (non-hydrogen) atoms. The Balaban J connectivity index is 2.01. The van der Waals surface area contributed by atoms with Gasteiger partial charge in [-0.1, -0.05) is 29.8 Å². The number of halogens is 1. The molecule has 3 aromatic carbocycles. The topological polar surface area (TPSA) is 75.7 Å². The summed E-state index contributed by atoms with van der Waals surface area (Å²) in [5.41, 5.74) is 2.23. The van der Waals surface area contributed by atoms with Gasteiger partial charge in [0, 0.05) is 5.69 Å². The normalized spacial score (nSPS) is 11.1. The van der Waals surface area contributed by atoms with E-state index in [0.29, 0.717) is 5.69 Å². The van der Waals surface area contributed by atoms with E-state index in [1.807, 2.05) is 6.92 Å². The van der Waals surface area contributed by atoms with Gasteiger partial charge in [0.15, 0.2) is 0 Å². The fourth-order valence-electron chi connectivity index (χ4n) is 3.03. The van der Waals surface area contributed by atoms with E-state index in [-0.39, 0.29) is 16.3 Å². The van der Waals surface area contributed by atoms with Gasteiger partial charge >= 0.3 is 0 Å². The van der Waals surface area contributed by atoms with Crippen LogP contribution in [-0.2, 0) is 14.8 Å². The van der Waals surface area contributed by atoms with Gasteiger partial charge in [0.05, 0.1) is 12.8 Å². The number of carbonyl (C=O) groups is 1. The summed E-state index contributed by atoms with van der Waals surface area (Å²) in [5, 5.41) is 2.54. The number of benzene rings is 3. The van der Waals surface area contributed by atoms with Gasteiger partial charge < -0.3 is 10.1 Å². The monoisotopic (exact) mass is 442 g/mol. The predicted molar refractivity (Wildman–Crippen MR) is 118 cm³/mol. The minimum Gasteiger partial charge on any atom is -0.495 e. The lowest BCUT2D eigenvalue weighted by Crippen LogP contribution is -2.38. The fraction of sp³-hybridized carbons (Fsp3) is 0.174. The summed E-state index contributed by atoms with van der Waals surface area (Å²) >= 11 is 0. The molecule has 0 bridgehead atoms. The van der Waals surface area contributed by atoms with Gasteiger partial charge in [-0.25, -0.2) is 12.8 Å². The van der Waals surface area contributed by atoms with Crippen LogP contribution in [0.3, 0.4) is 0 Å². The largest absolute Gasteiger partial charge is 0.495 e. The number of sulfonamides is 1. The summed E-state index contributed by atoms with van der Waals surface area (Å²) in [7, 11) is -2.77. The zero-order valence-corrected chi connectivity index (χ0v) is 18.2. The van der Waals surface area contributed by atoms with Gasteiger partial charge in [-0.15, -0.1) is 0 Å². The van der Waals surface area contributed by atoms with Crippen molar-refractivity contribution in [2.24, 2.45) is 0 Å². The van der Waals surface area contributed by atoms with Crippen LogP contribution in [0.2, 0.25) is 0 Å². The fourth-order valence-corrected chi connectivity index (χ4v) is 4.69. The van der Waals surface area contributed by atoms with Crippen molar-refractivity contribution in [2.75, 3.05) is 23.3 Å². The van der Waals surface area contributed by atoms with Crippen LogP contribution in [0.25, 0.3) is 0 Å². The Bertz CT molecular complexity index is 1190. The van der Waals surface area contributed by atoms with Crippen molar-refractivity contribution in [2.45, 2.75) is 18.7 Å². The Kier molecular flexibility index (Phi) is 6.60. The van der Waals surface area contributed by atoms with Crippen LogP contribution in [-0.4, -0.2) is 28.0 Å². The van der Waals surface area contributed by atoms with Gasteiger partial charge in [-0.2, -0.15) is 0 Å². The number of ether oxygens (including phenoxy) is 1. The zero-order chi connectivity index (χ0) is 22.6. The SMILES string of the molecule is COc1ccc(C)cc1S(=O)(=O)N(CC(=O)Nc1cccc(F)c1)c1ccc(C)cc1. The molecule has 0 radical (unpaired) electrons. The van der Waals surface area contributed by atoms with Crippen LogP contribution in [0, 0.1) is 19.7 Å². The van der Waals surface area contributed by atoms with Crippen molar-refractivity contribution in [3.63, 3.8) is 0 Å². The standard InChI is InChI=1S/C23H23FN2O4S/c1-16-7-10-20(11-8-16)26(15-23(27)25-19-6-4-5-18(24)14-19)31(28,29)22-13-17(2)9-12-21(22)30-3/h4-14H,15H2,1-3H3,(H,25,27). The summed E-state index contributed by atoms with van der Waals surface area (Å²) in [4.78, 5) is 12.7. The third-order valence-corrected chi connectivity index (χ3v) is 6.40. The molecule has 3 aromatic rings. The minimum atomic E-state index is -4.15. The van der Waals surface area contributed by atoms with E-state index in [2.05, 4.69) is 5.32 Å². The average molecular weight is 443 g/mol. The van der Waals surface area contributed by atoms with E-state index < -0.39 is 28.3 Å². The van der Waals surface area contributed by atoms with Crippen LogP contribution in [0.15, 0.2) is 71.6 Å². The molecule has 1 amide bonds. The summed E-state index contributed by atoms with van der Waals surface area (Å²) in [6.45, 7) is 3.15. The molecule has 8 heteroatoms. The first-order valence-corrected chi connectivity index (χ1v) is 10.9. The maximum absolute atomic E-state index is 13.6. The number of rotatable bonds is 7. The molecular weight excluding hydrogens is 419 g/mol. The Morgan fingerprint density at radius 1 is 1.00 bits per heavy atom. The number of hydrogen-bond acceptors (Lipinski definition) is 4. The zero-order valence-electron chi connectivity index (χ0n) is 17.4. The number of hydrogen-bond donors (Lipinski definition) is 1. The van der Waals surface area contributed by atoms with Crippen molar-refractivity contribution in [3.05, 3.63) is 83.7 Å². The molecule has 0 aliphatic heterocycles. The first-order chi connectivity index (χ1) is 14.7. The molecule has 0 fully saturated rings. The molecule has 0 atom stereocenters. The second-order valence-corrected chi connectivity index (χ2v) is 8.89. The van der Waals surface area contributed by atoms with Gasteiger partial charge in [0.2, 0.25) is 5.91 Å². The average Bonchev–Trinajstić information content (AvgIpc) is 2.72. The maximum atomic E-state index is 13.6. The highest BCUT2D eigenvalue weighted by Gasteiger charge is 2.30. The van der Waals surface area contributed by atoms with E-state index in [1.54, 1.807) is 43.3 Å². The van der Waals surface area contributed by atoms with Crippen molar-refractivity contribution in [3.8, 4) is 5.75 Å². The summed E-state index contributed by atoms with van der Waals surface area (Å²) < 4.78 is 46.9. The quantitative estimate of drug-likeness (QED) is 0.592. The Hall–Kier alpha value is -3.39. The summed E-state index contributed by atoms with van der Waals surface area (Å²) in [6.07, 6.45) is 0. The number of methoxy groups -OCH3 is 1. The smallest absolute Gasteiger partial charge is 0.268 e. The molecule has 0 heterocycles. The summed E-state index contributed by atoms with van der Waals surface area (Å²) in [5.74, 6) is -0.945. The van der Waals surface area contributed by atoms with Crippen molar-refractivity contribution in [1.82, 2.24) is 0 Å². The van der Waals surface area contributed by atoms with Gasteiger partial charge in [0.1, 0.15) is 23.0 Å². The van der Waals surface area contributed by atoms with Crippen LogP contribution in [0.4, 0.5) is 15.8 Å². The third-order valence-electron chi connectivity index (χ3n) is 4.60. The van der Waals surface area contributed by atoms with Crippen LogP contribution in [0.5, 0.6) is 5.75 Å². The molecule has 0 saturated carbocycles. The molecule has 0 aromatic heterocycles. The second-order valence-electron chi connectivity index (χ2n) is 7.06. The van der Waals surface area contributed by atoms with E-state index in [1.165, 1.54) is 31.4 Å². The molecule has 0 spiro atoms. The molecule has 0 unspecified atom stereocenters. The number of nitrogens with zero attached hydrogens (tertiary/aromatic N) is 1. The molecule has 1 N–H and O–H groups in total. The lowest BCUT2D eigenvalue weighted by Gasteiger charge is -2.25. The Morgan fingerprint density at radius 2 is 1.68 bits per heavy atom. The highest BCUT2D eigenvalue weighted by atomic mass is 32.2. The Morgan fingerprint density at radius 3 is 2.32 bits per heavy atom. The van der Waals surface area contributed by atoms with E-state index in [4.69, 9.17) is 4.74 Å². The molecule has 0 aliphatic rings. The van der Waals surface area contributed by atoms with Crippen LogP contribution in [0.1, 0.15) is 11.1 Å². The highest BCUT2D eigenvalue weighted by molar-refractivity contribution is 7.93. The lowest BCUT2D eigenvalue weighted by molar-refractivity contribution is -0.114. The number of anilines is 2. The number of nitrogens with one attached hydrogen (secondary N) is 1. The highest BCUT2D eigenvalue weighted by Crippen LogP contribution is 2.31. The first kappa shape index (κ1) is 22.3. The molecule has 3 rings (SSSR count). The molecule has 0 saturated heterocycles. The van der Waals surface area contributed by atoms with Crippen LogP contribution >= 0.6 is 0 Å². The van der Waals surface area contributed by atoms with Crippen LogP contribution < -0.4 is 14.4 Å². The maximum Gasteiger partial charge on any atom is 0.268 e. The van der Waals surface area contributed by atoms with Gasteiger partial charge in [0.25, 0.3) is 10.0 Å².